The van der Waals surface area contributed by atoms with Gasteiger partial charge in [-0.2, -0.15) is 0 Å². The Balaban J connectivity index is 1.77. The van der Waals surface area contributed by atoms with E-state index in [2.05, 4.69) is 5.43 Å². The van der Waals surface area contributed by atoms with Crippen LogP contribution in [-0.4, -0.2) is 18.6 Å². The first kappa shape index (κ1) is 11.5. The molecule has 1 saturated carbocycles. The largest absolute Gasteiger partial charge is 0.378 e. The molecular weight excluding hydrogens is 180 g/mol. The molecule has 1 rings (SSSR count). The third-order valence-corrected chi connectivity index (χ3v) is 2.61. The summed E-state index contributed by atoms with van der Waals surface area (Å²) in [4.78, 5) is 10.7. The molecule has 0 bridgehead atoms. The quantitative estimate of drug-likeness (QED) is 0.280. The zero-order chi connectivity index (χ0) is 10.2. The Labute approximate surface area is 85.2 Å². The lowest BCUT2D eigenvalue weighted by atomic mass is 9.96. The molecule has 14 heavy (non-hydrogen) atoms. The third-order valence-electron chi connectivity index (χ3n) is 2.61. The summed E-state index contributed by atoms with van der Waals surface area (Å²) in [6.07, 6.45) is 7.83. The number of carbonyl (C=O) groups is 1. The monoisotopic (exact) mass is 200 g/mol. The Morgan fingerprint density at radius 1 is 1.36 bits per heavy atom. The molecule has 0 aliphatic heterocycles. The van der Waals surface area contributed by atoms with Gasteiger partial charge in [-0.1, -0.05) is 6.42 Å². The molecule has 0 spiro atoms. The molecule has 0 aromatic carbocycles. The van der Waals surface area contributed by atoms with Crippen LogP contribution in [0.1, 0.15) is 44.9 Å². The van der Waals surface area contributed by atoms with Gasteiger partial charge in [0.1, 0.15) is 0 Å². The fraction of sp³-hybridized carbons (Fsp3) is 0.900. The minimum absolute atomic E-state index is 0.0788. The average molecular weight is 200 g/mol. The smallest absolute Gasteiger partial charge is 0.233 e. The summed E-state index contributed by atoms with van der Waals surface area (Å²) in [6.45, 7) is 0.842. The molecule has 1 aliphatic carbocycles. The first-order valence-corrected chi connectivity index (χ1v) is 5.44. The Kier molecular flexibility index (Phi) is 5.56. The predicted molar refractivity (Wildman–Crippen MR) is 54.4 cm³/mol. The average Bonchev–Trinajstić information content (AvgIpc) is 2.13. The van der Waals surface area contributed by atoms with Gasteiger partial charge in [-0.15, -0.1) is 0 Å². The number of hydrogen-bond donors (Lipinski definition) is 2. The van der Waals surface area contributed by atoms with E-state index >= 15 is 0 Å². The van der Waals surface area contributed by atoms with E-state index in [1.54, 1.807) is 0 Å². The summed E-state index contributed by atoms with van der Waals surface area (Å²) in [6, 6.07) is 0. The van der Waals surface area contributed by atoms with E-state index in [-0.39, 0.29) is 5.91 Å². The van der Waals surface area contributed by atoms with Crippen molar-refractivity contribution in [2.24, 2.45) is 5.84 Å². The summed E-state index contributed by atoms with van der Waals surface area (Å²) >= 11 is 0. The van der Waals surface area contributed by atoms with Gasteiger partial charge in [-0.3, -0.25) is 10.2 Å². The molecular formula is C10H20N2O2. The SMILES string of the molecule is NNC(=O)CCCCCOC1CCC1. The van der Waals surface area contributed by atoms with Crippen LogP contribution in [0.25, 0.3) is 0 Å². The highest BCUT2D eigenvalue weighted by molar-refractivity contribution is 5.74. The Morgan fingerprint density at radius 3 is 2.71 bits per heavy atom. The van der Waals surface area contributed by atoms with E-state index < -0.39 is 0 Å². The van der Waals surface area contributed by atoms with E-state index in [0.717, 1.165) is 25.9 Å². The molecule has 1 amide bonds. The third kappa shape index (κ3) is 4.58. The van der Waals surface area contributed by atoms with Crippen molar-refractivity contribution in [1.29, 1.82) is 0 Å². The number of hydrogen-bond acceptors (Lipinski definition) is 3. The summed E-state index contributed by atoms with van der Waals surface area (Å²) in [5.74, 6) is 4.88. The Bertz CT molecular complexity index is 170. The second-order valence-corrected chi connectivity index (χ2v) is 3.80. The number of amides is 1. The van der Waals surface area contributed by atoms with Crippen LogP contribution in [-0.2, 0) is 9.53 Å². The predicted octanol–water partition coefficient (Wildman–Crippen LogP) is 1.11. The molecule has 4 nitrogen and oxygen atoms in total. The van der Waals surface area contributed by atoms with Crippen LogP contribution in [0, 0.1) is 0 Å². The molecule has 0 radical (unpaired) electrons. The van der Waals surface area contributed by atoms with Gasteiger partial charge in [0.2, 0.25) is 5.91 Å². The number of rotatable bonds is 7. The van der Waals surface area contributed by atoms with Crippen molar-refractivity contribution in [2.45, 2.75) is 51.0 Å². The topological polar surface area (TPSA) is 64.3 Å². The molecule has 1 aliphatic rings. The molecule has 0 heterocycles. The van der Waals surface area contributed by atoms with Crippen LogP contribution < -0.4 is 11.3 Å². The van der Waals surface area contributed by atoms with Gasteiger partial charge >= 0.3 is 0 Å². The van der Waals surface area contributed by atoms with Crippen LogP contribution in [0.2, 0.25) is 0 Å². The normalized spacial score (nSPS) is 16.4. The standard InChI is InChI=1S/C10H20N2O2/c11-12-10(13)7-2-1-3-8-14-9-5-4-6-9/h9H,1-8,11H2,(H,12,13). The van der Waals surface area contributed by atoms with Crippen molar-refractivity contribution in [3.63, 3.8) is 0 Å². The number of carbonyl (C=O) groups excluding carboxylic acids is 1. The second kappa shape index (κ2) is 6.79. The van der Waals surface area contributed by atoms with E-state index in [9.17, 15) is 4.79 Å². The molecule has 0 saturated heterocycles. The molecule has 0 unspecified atom stereocenters. The highest BCUT2D eigenvalue weighted by Gasteiger charge is 2.16. The number of nitrogens with one attached hydrogen (secondary N) is 1. The summed E-state index contributed by atoms with van der Waals surface area (Å²) in [5.41, 5.74) is 2.12. The van der Waals surface area contributed by atoms with Gasteiger partial charge in [-0.05, 0) is 32.1 Å². The molecule has 0 atom stereocenters. The fourth-order valence-electron chi connectivity index (χ4n) is 1.42. The van der Waals surface area contributed by atoms with E-state index in [1.165, 1.54) is 19.3 Å². The number of nitrogens with two attached hydrogens (primary N) is 1. The van der Waals surface area contributed by atoms with Gasteiger partial charge < -0.3 is 4.74 Å². The molecule has 1 fully saturated rings. The Morgan fingerprint density at radius 2 is 2.14 bits per heavy atom. The number of hydrazine groups is 1. The summed E-state index contributed by atoms with van der Waals surface area (Å²) in [5, 5.41) is 0. The molecule has 0 aromatic rings. The molecule has 4 heteroatoms. The van der Waals surface area contributed by atoms with Gasteiger partial charge in [0.05, 0.1) is 6.10 Å². The van der Waals surface area contributed by atoms with Gasteiger partial charge in [0.15, 0.2) is 0 Å². The zero-order valence-electron chi connectivity index (χ0n) is 8.63. The molecule has 82 valence electrons. The molecule has 3 N–H and O–H groups in total. The van der Waals surface area contributed by atoms with Crippen molar-refractivity contribution < 1.29 is 9.53 Å². The highest BCUT2D eigenvalue weighted by Crippen LogP contribution is 2.22. The lowest BCUT2D eigenvalue weighted by Crippen LogP contribution is -2.29. The van der Waals surface area contributed by atoms with Crippen molar-refractivity contribution in [3.8, 4) is 0 Å². The van der Waals surface area contributed by atoms with Crippen LogP contribution >= 0.6 is 0 Å². The van der Waals surface area contributed by atoms with E-state index in [1.807, 2.05) is 0 Å². The number of unbranched alkanes of at least 4 members (excludes halogenated alkanes) is 2. The van der Waals surface area contributed by atoms with Crippen LogP contribution in [0.3, 0.4) is 0 Å². The van der Waals surface area contributed by atoms with Crippen molar-refractivity contribution in [1.82, 2.24) is 5.43 Å². The van der Waals surface area contributed by atoms with E-state index in [4.69, 9.17) is 10.6 Å². The number of ether oxygens (including phenoxy) is 1. The fourth-order valence-corrected chi connectivity index (χ4v) is 1.42. The lowest BCUT2D eigenvalue weighted by molar-refractivity contribution is -0.121. The summed E-state index contributed by atoms with van der Waals surface area (Å²) < 4.78 is 5.59. The first-order valence-electron chi connectivity index (χ1n) is 5.44. The van der Waals surface area contributed by atoms with Crippen molar-refractivity contribution in [2.75, 3.05) is 6.61 Å². The van der Waals surface area contributed by atoms with Gasteiger partial charge in [0, 0.05) is 13.0 Å². The van der Waals surface area contributed by atoms with Crippen LogP contribution in [0.15, 0.2) is 0 Å². The van der Waals surface area contributed by atoms with Crippen LogP contribution in [0.5, 0.6) is 0 Å². The van der Waals surface area contributed by atoms with Crippen molar-refractivity contribution >= 4 is 5.91 Å². The maximum absolute atomic E-state index is 10.7. The highest BCUT2D eigenvalue weighted by atomic mass is 16.5. The van der Waals surface area contributed by atoms with Gasteiger partial charge in [-0.25, -0.2) is 5.84 Å². The van der Waals surface area contributed by atoms with E-state index in [0.29, 0.717) is 12.5 Å². The summed E-state index contributed by atoms with van der Waals surface area (Å²) in [7, 11) is 0. The first-order chi connectivity index (χ1) is 6.83. The minimum Gasteiger partial charge on any atom is -0.378 e. The Hall–Kier alpha value is -0.610. The second-order valence-electron chi connectivity index (χ2n) is 3.80. The maximum Gasteiger partial charge on any atom is 0.233 e. The van der Waals surface area contributed by atoms with Crippen LogP contribution in [0.4, 0.5) is 0 Å². The molecule has 0 aromatic heterocycles. The lowest BCUT2D eigenvalue weighted by Gasteiger charge is -2.25. The minimum atomic E-state index is -0.0788. The zero-order valence-corrected chi connectivity index (χ0v) is 8.63. The maximum atomic E-state index is 10.7. The van der Waals surface area contributed by atoms with Gasteiger partial charge in [0.25, 0.3) is 0 Å². The van der Waals surface area contributed by atoms with Crippen molar-refractivity contribution in [3.05, 3.63) is 0 Å².